The summed E-state index contributed by atoms with van der Waals surface area (Å²) in [5.41, 5.74) is 2.09. The number of hydrogen-bond donors (Lipinski definition) is 0. The third-order valence-electron chi connectivity index (χ3n) is 4.51. The van der Waals surface area contributed by atoms with Crippen LogP contribution in [-0.2, 0) is 14.3 Å². The average Bonchev–Trinajstić information content (AvgIpc) is 2.65. The molecule has 1 aliphatic rings. The fraction of sp³-hybridized carbons (Fsp3) is 0.381. The Morgan fingerprint density at radius 2 is 1.64 bits per heavy atom. The summed E-state index contributed by atoms with van der Waals surface area (Å²) in [5.74, 6) is 0.0134. The monoisotopic (exact) mass is 339 g/mol. The predicted molar refractivity (Wildman–Crippen MR) is 97.3 cm³/mol. The molecule has 1 amide bonds. The quantitative estimate of drug-likeness (QED) is 0.838. The number of ether oxygens (including phenoxy) is 2. The standard InChI is InChI=1S/C21H25NO3/c1-16-14-24-17(2)13-22(16)20(23)15-25-21(18-9-5-3-6-10-18)19-11-7-4-8-12-19/h3-12,16-17,21H,13-15H2,1-2H3. The minimum absolute atomic E-state index is 0.0134. The molecule has 2 atom stereocenters. The first-order chi connectivity index (χ1) is 12.1. The lowest BCUT2D eigenvalue weighted by Gasteiger charge is -2.37. The number of hydrogen-bond acceptors (Lipinski definition) is 3. The molecule has 4 nitrogen and oxygen atoms in total. The molecule has 0 aliphatic carbocycles. The Morgan fingerprint density at radius 3 is 2.20 bits per heavy atom. The average molecular weight is 339 g/mol. The SMILES string of the molecule is CC1CN(C(=O)COC(c2ccccc2)c2ccccc2)C(C)CO1. The van der Waals surface area contributed by atoms with Crippen molar-refractivity contribution in [2.45, 2.75) is 32.1 Å². The summed E-state index contributed by atoms with van der Waals surface area (Å²) in [5, 5.41) is 0. The molecular weight excluding hydrogens is 314 g/mol. The highest BCUT2D eigenvalue weighted by atomic mass is 16.5. The second kappa shape index (κ2) is 8.28. The molecule has 0 N–H and O–H groups in total. The van der Waals surface area contributed by atoms with Crippen LogP contribution in [0.1, 0.15) is 31.1 Å². The summed E-state index contributed by atoms with van der Waals surface area (Å²) in [6, 6.07) is 20.1. The summed E-state index contributed by atoms with van der Waals surface area (Å²) in [6.07, 6.45) is -0.181. The van der Waals surface area contributed by atoms with E-state index in [2.05, 4.69) is 0 Å². The maximum Gasteiger partial charge on any atom is 0.249 e. The lowest BCUT2D eigenvalue weighted by atomic mass is 10.0. The maximum absolute atomic E-state index is 12.7. The summed E-state index contributed by atoms with van der Waals surface area (Å²) in [4.78, 5) is 14.5. The van der Waals surface area contributed by atoms with Crippen molar-refractivity contribution < 1.29 is 14.3 Å². The Kier molecular flexibility index (Phi) is 5.84. The van der Waals surface area contributed by atoms with Crippen LogP contribution in [0.2, 0.25) is 0 Å². The van der Waals surface area contributed by atoms with Crippen LogP contribution in [0.15, 0.2) is 60.7 Å². The van der Waals surface area contributed by atoms with Gasteiger partial charge in [0.1, 0.15) is 12.7 Å². The van der Waals surface area contributed by atoms with Crippen LogP contribution in [0.25, 0.3) is 0 Å². The van der Waals surface area contributed by atoms with Gasteiger partial charge >= 0.3 is 0 Å². The van der Waals surface area contributed by atoms with Gasteiger partial charge in [-0.1, -0.05) is 60.7 Å². The van der Waals surface area contributed by atoms with Crippen molar-refractivity contribution in [1.82, 2.24) is 4.90 Å². The third-order valence-corrected chi connectivity index (χ3v) is 4.51. The Hall–Kier alpha value is -2.17. The molecule has 3 rings (SSSR count). The number of benzene rings is 2. The summed E-state index contributed by atoms with van der Waals surface area (Å²) < 4.78 is 11.7. The lowest BCUT2D eigenvalue weighted by Crippen LogP contribution is -2.51. The maximum atomic E-state index is 12.7. The van der Waals surface area contributed by atoms with E-state index in [0.717, 1.165) is 11.1 Å². The molecular formula is C21H25NO3. The van der Waals surface area contributed by atoms with Gasteiger partial charge in [-0.3, -0.25) is 4.79 Å². The summed E-state index contributed by atoms with van der Waals surface area (Å²) in [7, 11) is 0. The fourth-order valence-corrected chi connectivity index (χ4v) is 3.13. The van der Waals surface area contributed by atoms with E-state index in [1.165, 1.54) is 0 Å². The smallest absolute Gasteiger partial charge is 0.249 e. The Balaban J connectivity index is 1.72. The number of carbonyl (C=O) groups excluding carboxylic acids is 1. The van der Waals surface area contributed by atoms with Crippen molar-refractivity contribution in [1.29, 1.82) is 0 Å². The van der Waals surface area contributed by atoms with Crippen molar-refractivity contribution in [2.24, 2.45) is 0 Å². The van der Waals surface area contributed by atoms with E-state index in [1.54, 1.807) is 0 Å². The zero-order chi connectivity index (χ0) is 17.6. The van der Waals surface area contributed by atoms with E-state index >= 15 is 0 Å². The molecule has 0 aromatic heterocycles. The molecule has 1 fully saturated rings. The van der Waals surface area contributed by atoms with Gasteiger partial charge < -0.3 is 14.4 Å². The highest BCUT2D eigenvalue weighted by molar-refractivity contribution is 5.78. The Bertz CT molecular complexity index is 635. The molecule has 1 aliphatic heterocycles. The van der Waals surface area contributed by atoms with Gasteiger partial charge in [-0.05, 0) is 25.0 Å². The highest BCUT2D eigenvalue weighted by Crippen LogP contribution is 2.26. The van der Waals surface area contributed by atoms with E-state index in [0.29, 0.717) is 13.2 Å². The molecule has 0 saturated carbocycles. The van der Waals surface area contributed by atoms with E-state index in [4.69, 9.17) is 9.47 Å². The van der Waals surface area contributed by atoms with Gasteiger partial charge in [-0.2, -0.15) is 0 Å². The lowest BCUT2D eigenvalue weighted by molar-refractivity contribution is -0.149. The number of rotatable bonds is 5. The molecule has 2 aromatic carbocycles. The van der Waals surface area contributed by atoms with Crippen LogP contribution >= 0.6 is 0 Å². The first-order valence-electron chi connectivity index (χ1n) is 8.77. The van der Waals surface area contributed by atoms with Crippen LogP contribution in [0.4, 0.5) is 0 Å². The molecule has 2 aromatic rings. The Labute approximate surface area is 149 Å². The fourth-order valence-electron chi connectivity index (χ4n) is 3.13. The van der Waals surface area contributed by atoms with E-state index in [9.17, 15) is 4.79 Å². The van der Waals surface area contributed by atoms with Crippen LogP contribution < -0.4 is 0 Å². The molecule has 132 valence electrons. The third kappa shape index (κ3) is 4.47. The first-order valence-corrected chi connectivity index (χ1v) is 8.77. The predicted octanol–water partition coefficient (Wildman–Crippen LogP) is 3.43. The number of amides is 1. The molecule has 4 heteroatoms. The van der Waals surface area contributed by atoms with Crippen LogP contribution in [0, 0.1) is 0 Å². The molecule has 0 bridgehead atoms. The molecule has 1 heterocycles. The van der Waals surface area contributed by atoms with Crippen LogP contribution in [-0.4, -0.2) is 42.7 Å². The molecule has 2 unspecified atom stereocenters. The molecule has 25 heavy (non-hydrogen) atoms. The van der Waals surface area contributed by atoms with Crippen LogP contribution in [0.3, 0.4) is 0 Å². The van der Waals surface area contributed by atoms with Gasteiger partial charge in [-0.15, -0.1) is 0 Å². The van der Waals surface area contributed by atoms with Gasteiger partial charge in [0, 0.05) is 6.54 Å². The van der Waals surface area contributed by atoms with Gasteiger partial charge in [0.15, 0.2) is 0 Å². The van der Waals surface area contributed by atoms with Crippen molar-refractivity contribution in [2.75, 3.05) is 19.8 Å². The minimum atomic E-state index is -0.250. The molecule has 1 saturated heterocycles. The zero-order valence-corrected chi connectivity index (χ0v) is 14.8. The van der Waals surface area contributed by atoms with E-state index in [1.807, 2.05) is 79.4 Å². The highest BCUT2D eigenvalue weighted by Gasteiger charge is 2.28. The van der Waals surface area contributed by atoms with Crippen LogP contribution in [0.5, 0.6) is 0 Å². The second-order valence-corrected chi connectivity index (χ2v) is 6.55. The van der Waals surface area contributed by atoms with Crippen molar-refractivity contribution in [3.8, 4) is 0 Å². The first kappa shape index (κ1) is 17.6. The van der Waals surface area contributed by atoms with E-state index in [-0.39, 0.29) is 30.8 Å². The largest absolute Gasteiger partial charge is 0.375 e. The minimum Gasteiger partial charge on any atom is -0.375 e. The van der Waals surface area contributed by atoms with Gasteiger partial charge in [0.05, 0.1) is 18.8 Å². The van der Waals surface area contributed by atoms with Crippen molar-refractivity contribution in [3.63, 3.8) is 0 Å². The number of morpholine rings is 1. The normalized spacial score (nSPS) is 20.7. The molecule has 0 radical (unpaired) electrons. The summed E-state index contributed by atoms with van der Waals surface area (Å²) >= 11 is 0. The number of carbonyl (C=O) groups is 1. The zero-order valence-electron chi connectivity index (χ0n) is 14.8. The number of nitrogens with zero attached hydrogens (tertiary/aromatic N) is 1. The Morgan fingerprint density at radius 1 is 1.08 bits per heavy atom. The van der Waals surface area contributed by atoms with Gasteiger partial charge in [0.25, 0.3) is 0 Å². The van der Waals surface area contributed by atoms with Crippen molar-refractivity contribution >= 4 is 5.91 Å². The van der Waals surface area contributed by atoms with Gasteiger partial charge in [-0.25, -0.2) is 0 Å². The summed E-state index contributed by atoms with van der Waals surface area (Å²) in [6.45, 7) is 5.25. The topological polar surface area (TPSA) is 38.8 Å². The van der Waals surface area contributed by atoms with Crippen molar-refractivity contribution in [3.05, 3.63) is 71.8 Å². The van der Waals surface area contributed by atoms with E-state index < -0.39 is 0 Å². The molecule has 0 spiro atoms. The second-order valence-electron chi connectivity index (χ2n) is 6.55. The van der Waals surface area contributed by atoms with Gasteiger partial charge in [0.2, 0.25) is 5.91 Å².